The molecule has 0 aliphatic heterocycles. The summed E-state index contributed by atoms with van der Waals surface area (Å²) in [6.45, 7) is 35.6. The number of imidazole rings is 1. The number of aromatic nitrogens is 4. The molecule has 0 saturated heterocycles. The Balaban J connectivity index is 1.39. The predicted octanol–water partition coefficient (Wildman–Crippen LogP) is 9.77. The first-order valence-corrected chi connectivity index (χ1v) is 24.3. The maximum absolute atomic E-state index is 7.20. The van der Waals surface area contributed by atoms with Crippen LogP contribution in [0.5, 0.6) is 0 Å². The van der Waals surface area contributed by atoms with Gasteiger partial charge in [-0.05, 0) is 121 Å². The first kappa shape index (κ1) is 35.3. The van der Waals surface area contributed by atoms with Crippen molar-refractivity contribution in [3.8, 4) is 0 Å². The predicted molar refractivity (Wildman–Crippen MR) is 199 cm³/mol. The Morgan fingerprint density at radius 3 is 2.30 bits per heavy atom. The van der Waals surface area contributed by atoms with E-state index in [0.717, 1.165) is 43.6 Å². The number of allylic oxidation sites excluding steroid dienone is 1. The minimum absolute atomic E-state index is 0.148. The highest BCUT2D eigenvalue weighted by atomic mass is 28.4. The minimum Gasteiger partial charge on any atom is -0.417 e. The summed E-state index contributed by atoms with van der Waals surface area (Å²) in [5.41, 5.74) is 10.1. The zero-order valence-corrected chi connectivity index (χ0v) is 33.8. The first-order valence-electron chi connectivity index (χ1n) is 18.5. The normalized spacial score (nSPS) is 36.4. The number of nitrogens with zero attached hydrogens (tertiary/aromatic N) is 4. The molecule has 6 rings (SSSR count). The maximum atomic E-state index is 7.20. The summed E-state index contributed by atoms with van der Waals surface area (Å²) in [4.78, 5) is 13.7. The number of nitrogen functional groups attached to an aromatic ring is 1. The average molecular weight is 680 g/mol. The molecule has 7 nitrogen and oxygen atoms in total. The van der Waals surface area contributed by atoms with Gasteiger partial charge in [0.1, 0.15) is 11.8 Å². The third-order valence-electron chi connectivity index (χ3n) is 15.6. The van der Waals surface area contributed by atoms with Crippen molar-refractivity contribution in [1.29, 1.82) is 0 Å². The van der Waals surface area contributed by atoms with Crippen LogP contribution in [0.15, 0.2) is 24.8 Å². The maximum Gasteiger partial charge on any atom is 0.192 e. The fraction of sp³-hybridized carbons (Fsp3) is 0.816. The molecule has 1 spiro atoms. The molecule has 0 radical (unpaired) electrons. The van der Waals surface area contributed by atoms with E-state index < -0.39 is 16.6 Å². The van der Waals surface area contributed by atoms with Gasteiger partial charge in [0.2, 0.25) is 0 Å². The zero-order valence-electron chi connectivity index (χ0n) is 31.8. The summed E-state index contributed by atoms with van der Waals surface area (Å²) >= 11 is 0. The molecule has 4 fully saturated rings. The van der Waals surface area contributed by atoms with Crippen molar-refractivity contribution in [2.45, 2.75) is 156 Å². The van der Waals surface area contributed by atoms with Gasteiger partial charge in [-0.15, -0.1) is 0 Å². The van der Waals surface area contributed by atoms with Gasteiger partial charge < -0.3 is 19.2 Å². The lowest BCUT2D eigenvalue weighted by Gasteiger charge is -2.57. The second-order valence-corrected chi connectivity index (χ2v) is 29.4. The molecule has 0 bridgehead atoms. The van der Waals surface area contributed by atoms with E-state index >= 15 is 0 Å². The Morgan fingerprint density at radius 1 is 0.957 bits per heavy atom. The van der Waals surface area contributed by atoms with Crippen LogP contribution in [0.3, 0.4) is 0 Å². The van der Waals surface area contributed by atoms with Gasteiger partial charge in [0, 0.05) is 19.3 Å². The third kappa shape index (κ3) is 5.25. The summed E-state index contributed by atoms with van der Waals surface area (Å²) in [7, 11) is -3.84. The number of hydrogen-bond acceptors (Lipinski definition) is 6. The zero-order chi connectivity index (χ0) is 34.6. The third-order valence-corrected chi connectivity index (χ3v) is 24.7. The fourth-order valence-electron chi connectivity index (χ4n) is 10.3. The van der Waals surface area contributed by atoms with E-state index in [1.54, 1.807) is 6.33 Å². The number of fused-ring (bicyclic) bond motifs is 1. The topological polar surface area (TPSA) is 88.1 Å². The van der Waals surface area contributed by atoms with Crippen molar-refractivity contribution in [3.63, 3.8) is 0 Å². The summed E-state index contributed by atoms with van der Waals surface area (Å²) < 4.78 is 16.7. The van der Waals surface area contributed by atoms with Crippen LogP contribution < -0.4 is 5.73 Å². The second kappa shape index (κ2) is 11.0. The second-order valence-electron chi connectivity index (χ2n) is 19.8. The summed E-state index contributed by atoms with van der Waals surface area (Å²) in [6.07, 6.45) is 13.5. The van der Waals surface area contributed by atoms with E-state index in [-0.39, 0.29) is 31.7 Å². The molecule has 2 heterocycles. The molecule has 7 atom stereocenters. The van der Waals surface area contributed by atoms with Crippen LogP contribution >= 0.6 is 0 Å². The van der Waals surface area contributed by atoms with Gasteiger partial charge in [-0.25, -0.2) is 15.0 Å². The highest BCUT2D eigenvalue weighted by Crippen LogP contribution is 2.88. The molecular formula is C38H65N5O2Si2. The minimum atomic E-state index is -1.94. The number of anilines is 1. The van der Waals surface area contributed by atoms with Crippen LogP contribution in [0.1, 0.15) is 107 Å². The summed E-state index contributed by atoms with van der Waals surface area (Å²) in [6, 6.07) is 0. The van der Waals surface area contributed by atoms with E-state index in [0.29, 0.717) is 23.8 Å². The molecule has 4 aliphatic rings. The summed E-state index contributed by atoms with van der Waals surface area (Å²) in [5.74, 6) is 1.49. The number of hydrogen-bond donors (Lipinski definition) is 1. The van der Waals surface area contributed by atoms with Crippen molar-refractivity contribution in [3.05, 3.63) is 24.8 Å². The standard InChI is InChI=1S/C38H65N5O2Si2/c1-26-14-19-38-22-37(38,23-43-25-42-30-31(39)40-24-41-32(30)43)29(16-18-36(26,38)9)35(8)17-15-28(45-47(12,13)34(5,6)7)20-27(35)21-44-46(10,11)33(2,3)4/h24-25,27-29H,1,14-23H2,2-13H3,(H2,39,40,41)/t27-,28?,29-,35+,36-,37?,38+/m1/s1. The van der Waals surface area contributed by atoms with E-state index in [2.05, 4.69) is 91.1 Å². The Labute approximate surface area is 287 Å². The van der Waals surface area contributed by atoms with Crippen LogP contribution in [0, 0.1) is 33.5 Å². The van der Waals surface area contributed by atoms with Crippen molar-refractivity contribution in [1.82, 2.24) is 19.5 Å². The smallest absolute Gasteiger partial charge is 0.192 e. The molecule has 47 heavy (non-hydrogen) atoms. The highest BCUT2D eigenvalue weighted by molar-refractivity contribution is 6.74. The van der Waals surface area contributed by atoms with Crippen LogP contribution in [0.25, 0.3) is 11.2 Å². The molecule has 2 aromatic rings. The van der Waals surface area contributed by atoms with Gasteiger partial charge in [-0.1, -0.05) is 67.5 Å². The molecule has 2 N–H and O–H groups in total. The molecule has 2 unspecified atom stereocenters. The van der Waals surface area contributed by atoms with E-state index in [9.17, 15) is 0 Å². The van der Waals surface area contributed by atoms with Gasteiger partial charge in [-0.3, -0.25) is 0 Å². The quantitative estimate of drug-likeness (QED) is 0.221. The monoisotopic (exact) mass is 679 g/mol. The lowest BCUT2D eigenvalue weighted by atomic mass is 9.49. The van der Waals surface area contributed by atoms with Crippen LogP contribution in [0.4, 0.5) is 5.82 Å². The lowest BCUT2D eigenvalue weighted by molar-refractivity contribution is -0.0955. The summed E-state index contributed by atoms with van der Waals surface area (Å²) in [5, 5.41) is 0.379. The molecular weight excluding hydrogens is 615 g/mol. The Morgan fingerprint density at radius 2 is 1.64 bits per heavy atom. The fourth-order valence-corrected chi connectivity index (χ4v) is 12.8. The first-order chi connectivity index (χ1) is 21.5. The number of nitrogens with two attached hydrogens (primary N) is 1. The molecule has 0 amide bonds. The van der Waals surface area contributed by atoms with Crippen LogP contribution in [-0.4, -0.2) is 48.9 Å². The van der Waals surface area contributed by atoms with Gasteiger partial charge in [-0.2, -0.15) is 0 Å². The van der Waals surface area contributed by atoms with Crippen molar-refractivity contribution in [2.24, 2.45) is 33.5 Å². The SMILES string of the molecule is C=C1CC[C@@]23CC2(Cn2cnc4c(N)ncnc42)[C@@H]([C@@]2(C)CCC(O[Si](C)(C)C(C)(C)C)C[C@@H]2CO[Si](C)(C)C(C)(C)C)CC[C@]13C. The van der Waals surface area contributed by atoms with Crippen molar-refractivity contribution < 1.29 is 8.85 Å². The van der Waals surface area contributed by atoms with E-state index in [4.69, 9.17) is 31.1 Å². The molecule has 9 heteroatoms. The van der Waals surface area contributed by atoms with Gasteiger partial charge in [0.15, 0.2) is 28.1 Å². The van der Waals surface area contributed by atoms with Gasteiger partial charge >= 0.3 is 0 Å². The molecule has 262 valence electrons. The van der Waals surface area contributed by atoms with Gasteiger partial charge in [0.05, 0.1) is 6.33 Å². The van der Waals surface area contributed by atoms with E-state index in [1.807, 2.05) is 6.33 Å². The molecule has 2 aromatic heterocycles. The molecule has 4 aliphatic carbocycles. The Kier molecular flexibility index (Phi) is 8.23. The molecule has 0 aromatic carbocycles. The van der Waals surface area contributed by atoms with Gasteiger partial charge in [0.25, 0.3) is 0 Å². The van der Waals surface area contributed by atoms with Crippen LogP contribution in [0.2, 0.25) is 36.3 Å². The van der Waals surface area contributed by atoms with Crippen LogP contribution in [-0.2, 0) is 15.4 Å². The average Bonchev–Trinajstić information content (AvgIpc) is 3.34. The van der Waals surface area contributed by atoms with E-state index in [1.165, 1.54) is 37.7 Å². The van der Waals surface area contributed by atoms with Crippen molar-refractivity contribution in [2.75, 3.05) is 12.3 Å². The van der Waals surface area contributed by atoms with Crippen molar-refractivity contribution >= 4 is 33.6 Å². The largest absolute Gasteiger partial charge is 0.417 e. The molecule has 4 saturated carbocycles. The Hall–Kier alpha value is -1.56. The number of rotatable bonds is 8. The Bertz CT molecular complexity index is 1540. The highest BCUT2D eigenvalue weighted by Gasteiger charge is 2.81. The lowest BCUT2D eigenvalue weighted by Crippen LogP contribution is -2.54.